The molecule has 0 saturated heterocycles. The monoisotopic (exact) mass is 406 g/mol. The number of carboxylic acids is 1. The van der Waals surface area contributed by atoms with Crippen LogP contribution in [0.4, 0.5) is 8.78 Å². The summed E-state index contributed by atoms with van der Waals surface area (Å²) in [4.78, 5) is 28.9. The number of methoxy groups -OCH3 is 1. The summed E-state index contributed by atoms with van der Waals surface area (Å²) in [5, 5.41) is 9.03. The van der Waals surface area contributed by atoms with Crippen LogP contribution in [-0.2, 0) is 4.74 Å². The van der Waals surface area contributed by atoms with Gasteiger partial charge in [-0.1, -0.05) is 17.7 Å². The zero-order valence-corrected chi connectivity index (χ0v) is 15.2. The van der Waals surface area contributed by atoms with Gasteiger partial charge in [-0.3, -0.25) is 4.98 Å². The van der Waals surface area contributed by atoms with Crippen LogP contribution in [0.5, 0.6) is 0 Å². The molecule has 0 aliphatic rings. The summed E-state index contributed by atoms with van der Waals surface area (Å²) in [6.07, 6.45) is 2.43. The summed E-state index contributed by atoms with van der Waals surface area (Å²) in [6.45, 7) is 0. The Kier molecular flexibility index (Phi) is 7.11. The Morgan fingerprint density at radius 3 is 2.04 bits per heavy atom. The van der Waals surface area contributed by atoms with E-state index < -0.39 is 23.6 Å². The van der Waals surface area contributed by atoms with E-state index in [1.54, 1.807) is 6.07 Å². The van der Waals surface area contributed by atoms with Crippen molar-refractivity contribution in [2.24, 2.45) is 0 Å². The molecule has 0 radical (unpaired) electrons. The molecule has 3 rings (SSSR count). The van der Waals surface area contributed by atoms with E-state index in [1.807, 2.05) is 0 Å². The summed E-state index contributed by atoms with van der Waals surface area (Å²) in [5.74, 6) is -3.02. The number of rotatable bonds is 3. The molecule has 0 aliphatic carbocycles. The Hall–Kier alpha value is -3.39. The molecule has 28 heavy (non-hydrogen) atoms. The highest BCUT2D eigenvalue weighted by atomic mass is 35.5. The number of aromatic nitrogens is 2. The summed E-state index contributed by atoms with van der Waals surface area (Å²) in [5.41, 5.74) is 0.164. The van der Waals surface area contributed by atoms with Crippen molar-refractivity contribution in [3.8, 4) is 11.3 Å². The van der Waals surface area contributed by atoms with Gasteiger partial charge in [0.05, 0.1) is 29.5 Å². The number of benzene rings is 1. The summed E-state index contributed by atoms with van der Waals surface area (Å²) in [7, 11) is 1.32. The summed E-state index contributed by atoms with van der Waals surface area (Å²) >= 11 is 5.50. The summed E-state index contributed by atoms with van der Waals surface area (Å²) in [6, 6.07) is 9.09. The van der Waals surface area contributed by atoms with Gasteiger partial charge < -0.3 is 9.84 Å². The molecule has 6 nitrogen and oxygen atoms in total. The first-order valence-corrected chi connectivity index (χ1v) is 8.05. The lowest BCUT2D eigenvalue weighted by atomic mass is 10.1. The van der Waals surface area contributed by atoms with Crippen LogP contribution in [0.15, 0.2) is 54.9 Å². The number of ether oxygens (including phenoxy) is 1. The highest BCUT2D eigenvalue weighted by molar-refractivity contribution is 6.29. The second kappa shape index (κ2) is 9.52. The smallest absolute Gasteiger partial charge is 0.339 e. The van der Waals surface area contributed by atoms with Gasteiger partial charge in [0.1, 0.15) is 16.8 Å². The average Bonchev–Trinajstić information content (AvgIpc) is 2.69. The molecule has 0 unspecified atom stereocenters. The van der Waals surface area contributed by atoms with E-state index in [4.69, 9.17) is 16.7 Å². The number of hydrogen-bond donors (Lipinski definition) is 1. The number of nitrogens with zero attached hydrogens (tertiary/aromatic N) is 2. The third-order valence-electron chi connectivity index (χ3n) is 3.38. The van der Waals surface area contributed by atoms with Crippen LogP contribution in [0.1, 0.15) is 20.7 Å². The number of carbonyl (C=O) groups excluding carboxylic acids is 1. The van der Waals surface area contributed by atoms with E-state index in [1.165, 1.54) is 37.6 Å². The van der Waals surface area contributed by atoms with E-state index in [0.717, 1.165) is 18.3 Å². The fraction of sp³-hybridized carbons (Fsp3) is 0.0526. The van der Waals surface area contributed by atoms with Crippen molar-refractivity contribution >= 4 is 23.5 Å². The van der Waals surface area contributed by atoms with Crippen molar-refractivity contribution < 1.29 is 28.2 Å². The molecule has 0 aliphatic heterocycles. The van der Waals surface area contributed by atoms with E-state index >= 15 is 0 Å². The lowest BCUT2D eigenvalue weighted by Gasteiger charge is -2.04. The molecule has 0 fully saturated rings. The van der Waals surface area contributed by atoms with Crippen LogP contribution < -0.4 is 0 Å². The van der Waals surface area contributed by atoms with Gasteiger partial charge in [-0.2, -0.15) is 0 Å². The molecule has 3 aromatic rings. The molecule has 2 heterocycles. The number of halogens is 3. The van der Waals surface area contributed by atoms with E-state index in [2.05, 4.69) is 14.7 Å². The van der Waals surface area contributed by atoms with Gasteiger partial charge in [0.2, 0.25) is 0 Å². The van der Waals surface area contributed by atoms with Gasteiger partial charge in [-0.25, -0.2) is 23.4 Å². The molecule has 0 atom stereocenters. The van der Waals surface area contributed by atoms with E-state index in [0.29, 0.717) is 10.7 Å². The van der Waals surface area contributed by atoms with E-state index in [9.17, 15) is 18.4 Å². The SMILES string of the molecule is COC(=O)c1ccc(Cl)nc1.O=C(O)c1ccc(-c2c(F)cccc2F)nc1. The Morgan fingerprint density at radius 1 is 0.964 bits per heavy atom. The topological polar surface area (TPSA) is 89.4 Å². The van der Waals surface area contributed by atoms with Gasteiger partial charge in [0.15, 0.2) is 0 Å². The van der Waals surface area contributed by atoms with Crippen molar-refractivity contribution in [3.63, 3.8) is 0 Å². The van der Waals surface area contributed by atoms with Gasteiger partial charge in [0.25, 0.3) is 0 Å². The molecule has 0 saturated carbocycles. The van der Waals surface area contributed by atoms with Crippen LogP contribution in [0.25, 0.3) is 11.3 Å². The lowest BCUT2D eigenvalue weighted by molar-refractivity contribution is 0.0599. The van der Waals surface area contributed by atoms with Crippen molar-refractivity contribution in [3.05, 3.63) is 82.8 Å². The normalized spacial score (nSPS) is 9.86. The van der Waals surface area contributed by atoms with Gasteiger partial charge >= 0.3 is 11.9 Å². The van der Waals surface area contributed by atoms with Crippen LogP contribution in [0.2, 0.25) is 5.15 Å². The third-order valence-corrected chi connectivity index (χ3v) is 3.60. The fourth-order valence-corrected chi connectivity index (χ4v) is 2.14. The zero-order valence-electron chi connectivity index (χ0n) is 14.4. The number of aromatic carboxylic acids is 1. The molecule has 1 N–H and O–H groups in total. The van der Waals surface area contributed by atoms with Gasteiger partial charge in [-0.05, 0) is 36.4 Å². The second-order valence-electron chi connectivity index (χ2n) is 5.20. The van der Waals surface area contributed by atoms with Crippen LogP contribution in [-0.4, -0.2) is 34.1 Å². The molecule has 144 valence electrons. The first-order valence-electron chi connectivity index (χ1n) is 7.67. The number of pyridine rings is 2. The zero-order chi connectivity index (χ0) is 20.7. The highest BCUT2D eigenvalue weighted by Gasteiger charge is 2.12. The molecule has 0 spiro atoms. The Balaban J connectivity index is 0.000000221. The molecular formula is C19H13ClF2N2O4. The summed E-state index contributed by atoms with van der Waals surface area (Å²) < 4.78 is 31.3. The second-order valence-corrected chi connectivity index (χ2v) is 5.58. The predicted octanol–water partition coefficient (Wildman–Crippen LogP) is 4.25. The quantitative estimate of drug-likeness (QED) is 0.516. The molecule has 9 heteroatoms. The number of carbonyl (C=O) groups is 2. The Bertz CT molecular complexity index is 960. The number of esters is 1. The van der Waals surface area contributed by atoms with Crippen LogP contribution >= 0.6 is 11.6 Å². The lowest BCUT2D eigenvalue weighted by Crippen LogP contribution is -2.00. The Labute approximate surface area is 163 Å². The predicted molar refractivity (Wildman–Crippen MR) is 97.1 cm³/mol. The maximum atomic E-state index is 13.4. The molecule has 0 amide bonds. The Morgan fingerprint density at radius 2 is 1.57 bits per heavy atom. The highest BCUT2D eigenvalue weighted by Crippen LogP contribution is 2.24. The van der Waals surface area contributed by atoms with Crippen LogP contribution in [0, 0.1) is 11.6 Å². The molecule has 1 aromatic carbocycles. The molecule has 0 bridgehead atoms. The maximum Gasteiger partial charge on any atom is 0.339 e. The fourth-order valence-electron chi connectivity index (χ4n) is 2.03. The van der Waals surface area contributed by atoms with Crippen molar-refractivity contribution in [2.75, 3.05) is 7.11 Å². The maximum absolute atomic E-state index is 13.4. The van der Waals surface area contributed by atoms with Gasteiger partial charge in [-0.15, -0.1) is 0 Å². The number of carboxylic acid groups (broad SMARTS) is 1. The number of hydrogen-bond acceptors (Lipinski definition) is 5. The third kappa shape index (κ3) is 5.31. The largest absolute Gasteiger partial charge is 0.478 e. The van der Waals surface area contributed by atoms with Crippen molar-refractivity contribution in [1.82, 2.24) is 9.97 Å². The van der Waals surface area contributed by atoms with Crippen LogP contribution in [0.3, 0.4) is 0 Å². The first kappa shape index (κ1) is 20.9. The van der Waals surface area contributed by atoms with E-state index in [-0.39, 0.29) is 16.8 Å². The van der Waals surface area contributed by atoms with Crippen molar-refractivity contribution in [2.45, 2.75) is 0 Å². The molecular weight excluding hydrogens is 394 g/mol. The first-order chi connectivity index (χ1) is 13.3. The minimum Gasteiger partial charge on any atom is -0.478 e. The minimum atomic E-state index is -1.14. The van der Waals surface area contributed by atoms with Gasteiger partial charge in [0, 0.05) is 12.4 Å². The average molecular weight is 407 g/mol. The minimum absolute atomic E-state index is 0.0366. The standard InChI is InChI=1S/C12H7F2NO2.C7H6ClNO2/c13-8-2-1-3-9(14)11(8)10-5-4-7(6-15-10)12(16)17;1-11-7(10)5-2-3-6(8)9-4-5/h1-6H,(H,16,17);2-4H,1H3. The molecule has 2 aromatic heterocycles. The van der Waals surface area contributed by atoms with Crippen molar-refractivity contribution in [1.29, 1.82) is 0 Å².